The number of hydrogen-bond acceptors (Lipinski definition) is 3. The molecule has 19 heavy (non-hydrogen) atoms. The second-order valence-corrected chi connectivity index (χ2v) is 5.96. The van der Waals surface area contributed by atoms with Gasteiger partial charge in [-0.2, -0.15) is 0 Å². The Labute approximate surface area is 118 Å². The Hall–Kier alpha value is -1.31. The lowest BCUT2D eigenvalue weighted by molar-refractivity contribution is 0.0701. The van der Waals surface area contributed by atoms with Gasteiger partial charge < -0.3 is 10.6 Å². The highest BCUT2D eigenvalue weighted by atomic mass is 32.1. The molecule has 2 rings (SSSR count). The summed E-state index contributed by atoms with van der Waals surface area (Å²) in [6.07, 6.45) is 6.04. The topological polar surface area (TPSA) is 46.3 Å². The van der Waals surface area contributed by atoms with Crippen LogP contribution in [0.3, 0.4) is 0 Å². The molecule has 1 amide bonds. The smallest absolute Gasteiger partial charge is 0.263 e. The maximum atomic E-state index is 12.4. The fraction of sp³-hybridized carbons (Fsp3) is 0.533. The Kier molecular flexibility index (Phi) is 5.00. The molecule has 0 bridgehead atoms. The summed E-state index contributed by atoms with van der Waals surface area (Å²) in [5.41, 5.74) is 5.34. The lowest BCUT2D eigenvalue weighted by Gasteiger charge is -2.30. The lowest BCUT2D eigenvalue weighted by atomic mass is 9.94. The summed E-state index contributed by atoms with van der Waals surface area (Å²) in [7, 11) is 1.92. The third-order valence-electron chi connectivity index (χ3n) is 3.57. The average Bonchev–Trinajstić information content (AvgIpc) is 2.93. The van der Waals surface area contributed by atoms with Crippen molar-refractivity contribution in [3.05, 3.63) is 21.9 Å². The van der Waals surface area contributed by atoms with Crippen LogP contribution in [0.4, 0.5) is 0 Å². The third-order valence-corrected chi connectivity index (χ3v) is 4.56. The van der Waals surface area contributed by atoms with E-state index in [9.17, 15) is 4.79 Å². The Bertz CT molecular complexity index is 492. The molecular weight excluding hydrogens is 256 g/mol. The molecule has 0 aliphatic heterocycles. The number of rotatable bonds is 2. The maximum Gasteiger partial charge on any atom is 0.263 e. The van der Waals surface area contributed by atoms with Gasteiger partial charge in [0.2, 0.25) is 0 Å². The summed E-state index contributed by atoms with van der Waals surface area (Å²) in [5, 5.41) is 0. The average molecular weight is 276 g/mol. The van der Waals surface area contributed by atoms with E-state index in [0.717, 1.165) is 22.6 Å². The number of carbonyl (C=O) groups is 1. The molecule has 4 heteroatoms. The van der Waals surface area contributed by atoms with E-state index < -0.39 is 0 Å². The zero-order valence-electron chi connectivity index (χ0n) is 11.3. The molecule has 102 valence electrons. The van der Waals surface area contributed by atoms with E-state index in [0.29, 0.717) is 12.6 Å². The number of nitrogens with two attached hydrogens (primary N) is 1. The summed E-state index contributed by atoms with van der Waals surface area (Å²) in [5.74, 6) is 5.91. The van der Waals surface area contributed by atoms with Gasteiger partial charge in [-0.1, -0.05) is 31.1 Å². The number of thiophene rings is 1. The number of hydrogen-bond donors (Lipinski definition) is 1. The second kappa shape index (κ2) is 6.74. The fourth-order valence-electron chi connectivity index (χ4n) is 2.47. The van der Waals surface area contributed by atoms with Gasteiger partial charge in [-0.25, -0.2) is 0 Å². The van der Waals surface area contributed by atoms with Crippen molar-refractivity contribution in [1.82, 2.24) is 4.90 Å². The minimum atomic E-state index is 0.123. The first-order valence-corrected chi connectivity index (χ1v) is 7.60. The van der Waals surface area contributed by atoms with Crippen LogP contribution in [0, 0.1) is 11.8 Å². The van der Waals surface area contributed by atoms with Crippen LogP contribution in [-0.4, -0.2) is 30.4 Å². The minimum Gasteiger partial charge on any atom is -0.338 e. The normalized spacial score (nSPS) is 15.7. The fourth-order valence-corrected chi connectivity index (χ4v) is 3.33. The molecule has 1 fully saturated rings. The molecule has 3 nitrogen and oxygen atoms in total. The van der Waals surface area contributed by atoms with Crippen LogP contribution in [0.2, 0.25) is 0 Å². The zero-order valence-corrected chi connectivity index (χ0v) is 12.1. The first kappa shape index (κ1) is 14.1. The first-order valence-electron chi connectivity index (χ1n) is 6.78. The van der Waals surface area contributed by atoms with Gasteiger partial charge in [0.15, 0.2) is 0 Å². The standard InChI is InChI=1S/C15H20N2OS/c1-17(12-6-3-2-4-7-12)15(18)14-10-9-13(19-14)8-5-11-16/h9-10,12H,2-4,6-7,11,16H2,1H3. The van der Waals surface area contributed by atoms with E-state index in [4.69, 9.17) is 5.73 Å². The predicted molar refractivity (Wildman–Crippen MR) is 79.2 cm³/mol. The Morgan fingerprint density at radius 3 is 2.84 bits per heavy atom. The minimum absolute atomic E-state index is 0.123. The molecule has 1 aliphatic carbocycles. The molecule has 1 aromatic rings. The van der Waals surface area contributed by atoms with Crippen LogP contribution in [0.25, 0.3) is 0 Å². The number of nitrogens with zero attached hydrogens (tertiary/aromatic N) is 1. The largest absolute Gasteiger partial charge is 0.338 e. The molecule has 0 atom stereocenters. The van der Waals surface area contributed by atoms with Gasteiger partial charge in [-0.05, 0) is 25.0 Å². The van der Waals surface area contributed by atoms with E-state index in [-0.39, 0.29) is 5.91 Å². The maximum absolute atomic E-state index is 12.4. The van der Waals surface area contributed by atoms with Crippen molar-refractivity contribution in [2.24, 2.45) is 5.73 Å². The summed E-state index contributed by atoms with van der Waals surface area (Å²) in [6.45, 7) is 0.350. The highest BCUT2D eigenvalue weighted by Gasteiger charge is 2.23. The number of amides is 1. The first-order chi connectivity index (χ1) is 9.22. The van der Waals surface area contributed by atoms with Gasteiger partial charge in [0.05, 0.1) is 16.3 Å². The van der Waals surface area contributed by atoms with Crippen molar-refractivity contribution in [3.8, 4) is 11.8 Å². The summed E-state index contributed by atoms with van der Waals surface area (Å²) in [4.78, 5) is 16.0. The molecule has 1 heterocycles. The van der Waals surface area contributed by atoms with E-state index in [1.807, 2.05) is 24.1 Å². The van der Waals surface area contributed by atoms with Crippen LogP contribution in [0.1, 0.15) is 46.7 Å². The highest BCUT2D eigenvalue weighted by Crippen LogP contribution is 2.24. The molecule has 0 spiro atoms. The van der Waals surface area contributed by atoms with Crippen molar-refractivity contribution in [2.75, 3.05) is 13.6 Å². The van der Waals surface area contributed by atoms with Crippen molar-refractivity contribution in [1.29, 1.82) is 0 Å². The Morgan fingerprint density at radius 1 is 1.42 bits per heavy atom. The summed E-state index contributed by atoms with van der Waals surface area (Å²) >= 11 is 1.45. The van der Waals surface area contributed by atoms with Crippen LogP contribution < -0.4 is 5.73 Å². The van der Waals surface area contributed by atoms with Crippen LogP contribution in [0.5, 0.6) is 0 Å². The van der Waals surface area contributed by atoms with Gasteiger partial charge in [0.25, 0.3) is 5.91 Å². The van der Waals surface area contributed by atoms with Crippen LogP contribution in [0.15, 0.2) is 12.1 Å². The molecule has 1 saturated carbocycles. The van der Waals surface area contributed by atoms with Crippen molar-refractivity contribution in [2.45, 2.75) is 38.1 Å². The van der Waals surface area contributed by atoms with Crippen molar-refractivity contribution >= 4 is 17.2 Å². The second-order valence-electron chi connectivity index (χ2n) is 4.88. The monoisotopic (exact) mass is 276 g/mol. The molecule has 0 saturated heterocycles. The van der Waals surface area contributed by atoms with Gasteiger partial charge >= 0.3 is 0 Å². The SMILES string of the molecule is CN(C(=O)c1ccc(C#CCN)s1)C1CCCCC1. The molecule has 0 radical (unpaired) electrons. The van der Waals surface area contributed by atoms with Gasteiger partial charge in [0.1, 0.15) is 0 Å². The van der Waals surface area contributed by atoms with Gasteiger partial charge in [-0.15, -0.1) is 11.3 Å². The quantitative estimate of drug-likeness (QED) is 0.843. The molecule has 2 N–H and O–H groups in total. The molecule has 0 unspecified atom stereocenters. The summed E-state index contributed by atoms with van der Waals surface area (Å²) < 4.78 is 0. The molecule has 0 aromatic carbocycles. The zero-order chi connectivity index (χ0) is 13.7. The van der Waals surface area contributed by atoms with Gasteiger partial charge in [0, 0.05) is 13.1 Å². The summed E-state index contributed by atoms with van der Waals surface area (Å²) in [6, 6.07) is 4.17. The van der Waals surface area contributed by atoms with Crippen molar-refractivity contribution < 1.29 is 4.79 Å². The highest BCUT2D eigenvalue weighted by molar-refractivity contribution is 7.14. The van der Waals surface area contributed by atoms with Crippen molar-refractivity contribution in [3.63, 3.8) is 0 Å². The molecular formula is C15H20N2OS. The third kappa shape index (κ3) is 3.59. The van der Waals surface area contributed by atoms with Crippen LogP contribution in [-0.2, 0) is 0 Å². The van der Waals surface area contributed by atoms with Gasteiger partial charge in [-0.3, -0.25) is 4.79 Å². The predicted octanol–water partition coefficient (Wildman–Crippen LogP) is 2.46. The molecule has 1 aliphatic rings. The Morgan fingerprint density at radius 2 is 2.16 bits per heavy atom. The van der Waals surface area contributed by atoms with E-state index in [1.165, 1.54) is 30.6 Å². The van der Waals surface area contributed by atoms with E-state index >= 15 is 0 Å². The molecule has 1 aromatic heterocycles. The lowest BCUT2D eigenvalue weighted by Crippen LogP contribution is -2.37. The van der Waals surface area contributed by atoms with Crippen LogP contribution >= 0.6 is 11.3 Å². The van der Waals surface area contributed by atoms with E-state index in [1.54, 1.807) is 0 Å². The van der Waals surface area contributed by atoms with E-state index in [2.05, 4.69) is 11.8 Å². The Balaban J connectivity index is 2.03. The number of carbonyl (C=O) groups excluding carboxylic acids is 1.